The summed E-state index contributed by atoms with van der Waals surface area (Å²) in [6.07, 6.45) is 1.40. The van der Waals surface area contributed by atoms with Gasteiger partial charge in [0.05, 0.1) is 32.0 Å². The molecule has 0 aromatic heterocycles. The summed E-state index contributed by atoms with van der Waals surface area (Å²) in [5.74, 6) is 0.511. The van der Waals surface area contributed by atoms with E-state index in [2.05, 4.69) is 5.32 Å². The molecule has 0 aliphatic carbocycles. The van der Waals surface area contributed by atoms with Crippen molar-refractivity contribution in [1.82, 2.24) is 0 Å². The Morgan fingerprint density at radius 3 is 2.34 bits per heavy atom. The van der Waals surface area contributed by atoms with E-state index in [0.717, 1.165) is 5.56 Å². The van der Waals surface area contributed by atoms with Crippen LogP contribution in [0.25, 0.3) is 6.08 Å². The van der Waals surface area contributed by atoms with Crippen LogP contribution in [0, 0.1) is 17.1 Å². The number of nitriles is 1. The molecule has 0 aliphatic heterocycles. The zero-order valence-electron chi connectivity index (χ0n) is 19.2. The zero-order chi connectivity index (χ0) is 25.4. The van der Waals surface area contributed by atoms with E-state index in [1.807, 2.05) is 6.07 Å². The van der Waals surface area contributed by atoms with Gasteiger partial charge in [-0.1, -0.05) is 23.7 Å². The molecular formula is C26H22ClFN2O5. The van der Waals surface area contributed by atoms with Crippen LogP contribution in [0.2, 0.25) is 5.02 Å². The number of hydrogen-bond donors (Lipinski definition) is 1. The molecule has 0 fully saturated rings. The standard InChI is InChI=1S/C26H22ClFN2O5/c1-32-20-9-6-17(23(11-20)35-15-16-4-7-19(28)8-5-16)10-18(14-29)26(31)30-22-13-24(33-2)21(27)12-25(22)34-3/h4-13H,15H2,1-3H3,(H,30,31)/b18-10+. The van der Waals surface area contributed by atoms with E-state index in [0.29, 0.717) is 33.6 Å². The van der Waals surface area contributed by atoms with E-state index in [4.69, 9.17) is 30.5 Å². The van der Waals surface area contributed by atoms with Crippen LogP contribution in [-0.2, 0) is 11.4 Å². The molecular weight excluding hydrogens is 475 g/mol. The second-order valence-corrected chi connectivity index (χ2v) is 7.54. The third kappa shape index (κ3) is 6.43. The van der Waals surface area contributed by atoms with Crippen LogP contribution in [-0.4, -0.2) is 27.2 Å². The SMILES string of the molecule is COc1ccc(/C=C(\C#N)C(=O)Nc2cc(OC)c(Cl)cc2OC)c(OCc2ccc(F)cc2)c1. The number of hydrogen-bond acceptors (Lipinski definition) is 6. The fraction of sp³-hybridized carbons (Fsp3) is 0.154. The third-order valence-corrected chi connectivity index (χ3v) is 5.21. The van der Waals surface area contributed by atoms with Crippen molar-refractivity contribution < 1.29 is 28.1 Å². The first-order valence-electron chi connectivity index (χ1n) is 10.3. The number of anilines is 1. The quantitative estimate of drug-likeness (QED) is 0.305. The molecule has 35 heavy (non-hydrogen) atoms. The van der Waals surface area contributed by atoms with Gasteiger partial charge in [0.15, 0.2) is 0 Å². The first-order chi connectivity index (χ1) is 16.9. The molecule has 0 saturated heterocycles. The molecule has 3 rings (SSSR count). The average Bonchev–Trinajstić information content (AvgIpc) is 2.87. The van der Waals surface area contributed by atoms with Crippen molar-refractivity contribution in [2.24, 2.45) is 0 Å². The maximum atomic E-state index is 13.2. The monoisotopic (exact) mass is 496 g/mol. The van der Waals surface area contributed by atoms with Gasteiger partial charge in [-0.25, -0.2) is 4.39 Å². The van der Waals surface area contributed by atoms with Gasteiger partial charge in [-0.3, -0.25) is 4.79 Å². The molecule has 0 saturated carbocycles. The summed E-state index contributed by atoms with van der Waals surface area (Å²) in [6.45, 7) is 0.143. The lowest BCUT2D eigenvalue weighted by Crippen LogP contribution is -2.14. The van der Waals surface area contributed by atoms with Crippen molar-refractivity contribution in [2.45, 2.75) is 6.61 Å². The molecule has 0 radical (unpaired) electrons. The minimum atomic E-state index is -0.671. The minimum Gasteiger partial charge on any atom is -0.497 e. The molecule has 1 N–H and O–H groups in total. The lowest BCUT2D eigenvalue weighted by atomic mass is 10.1. The van der Waals surface area contributed by atoms with Crippen LogP contribution in [0.5, 0.6) is 23.0 Å². The topological polar surface area (TPSA) is 89.8 Å². The van der Waals surface area contributed by atoms with E-state index < -0.39 is 5.91 Å². The van der Waals surface area contributed by atoms with Crippen LogP contribution in [0.3, 0.4) is 0 Å². The van der Waals surface area contributed by atoms with Crippen molar-refractivity contribution >= 4 is 29.3 Å². The molecule has 3 aromatic rings. The minimum absolute atomic E-state index is 0.143. The maximum absolute atomic E-state index is 13.2. The fourth-order valence-corrected chi connectivity index (χ4v) is 3.31. The molecule has 9 heteroatoms. The Balaban J connectivity index is 1.89. The van der Waals surface area contributed by atoms with Gasteiger partial charge < -0.3 is 24.3 Å². The molecule has 3 aromatic carbocycles. The second-order valence-electron chi connectivity index (χ2n) is 7.13. The summed E-state index contributed by atoms with van der Waals surface area (Å²) in [5.41, 5.74) is 1.31. The Hall–Kier alpha value is -4.22. The first kappa shape index (κ1) is 25.4. The van der Waals surface area contributed by atoms with Crippen molar-refractivity contribution in [3.8, 4) is 29.1 Å². The maximum Gasteiger partial charge on any atom is 0.266 e. The smallest absolute Gasteiger partial charge is 0.266 e. The van der Waals surface area contributed by atoms with Gasteiger partial charge in [0, 0.05) is 23.8 Å². The van der Waals surface area contributed by atoms with Crippen LogP contribution >= 0.6 is 11.6 Å². The number of methoxy groups -OCH3 is 3. The predicted molar refractivity (Wildman–Crippen MR) is 131 cm³/mol. The third-order valence-electron chi connectivity index (χ3n) is 4.92. The number of benzene rings is 3. The van der Waals surface area contributed by atoms with E-state index >= 15 is 0 Å². The summed E-state index contributed by atoms with van der Waals surface area (Å²) >= 11 is 6.11. The molecule has 0 spiro atoms. The van der Waals surface area contributed by atoms with E-state index in [-0.39, 0.29) is 23.7 Å². The van der Waals surface area contributed by atoms with Crippen molar-refractivity contribution in [3.05, 3.63) is 82.1 Å². The van der Waals surface area contributed by atoms with Crippen LogP contribution in [0.15, 0.2) is 60.2 Å². The number of nitrogens with one attached hydrogen (secondary N) is 1. The lowest BCUT2D eigenvalue weighted by molar-refractivity contribution is -0.112. The Morgan fingerprint density at radius 1 is 1.00 bits per heavy atom. The molecule has 0 aliphatic rings. The summed E-state index contributed by atoms with van der Waals surface area (Å²) in [7, 11) is 4.38. The van der Waals surface area contributed by atoms with E-state index in [9.17, 15) is 14.4 Å². The summed E-state index contributed by atoms with van der Waals surface area (Å²) < 4.78 is 34.8. The van der Waals surface area contributed by atoms with Gasteiger partial charge in [0.25, 0.3) is 5.91 Å². The molecule has 0 unspecified atom stereocenters. The zero-order valence-corrected chi connectivity index (χ0v) is 20.0. The summed E-state index contributed by atoms with van der Waals surface area (Å²) in [4.78, 5) is 12.9. The molecule has 0 heterocycles. The van der Waals surface area contributed by atoms with E-state index in [1.54, 1.807) is 30.3 Å². The van der Waals surface area contributed by atoms with Crippen molar-refractivity contribution in [2.75, 3.05) is 26.6 Å². The highest BCUT2D eigenvalue weighted by molar-refractivity contribution is 6.32. The highest BCUT2D eigenvalue weighted by atomic mass is 35.5. The Morgan fingerprint density at radius 2 is 1.71 bits per heavy atom. The average molecular weight is 497 g/mol. The number of halogens is 2. The van der Waals surface area contributed by atoms with Crippen LogP contribution < -0.4 is 24.3 Å². The lowest BCUT2D eigenvalue weighted by Gasteiger charge is -2.14. The Kier molecular flexibility index (Phi) is 8.54. The Bertz CT molecular complexity index is 1290. The molecule has 1 amide bonds. The van der Waals surface area contributed by atoms with Crippen molar-refractivity contribution in [1.29, 1.82) is 5.26 Å². The van der Waals surface area contributed by atoms with Gasteiger partial charge in [-0.15, -0.1) is 0 Å². The van der Waals surface area contributed by atoms with Gasteiger partial charge in [0.2, 0.25) is 0 Å². The predicted octanol–water partition coefficient (Wildman–Crippen LogP) is 5.63. The Labute approximate surface area is 207 Å². The van der Waals surface area contributed by atoms with Gasteiger partial charge in [-0.2, -0.15) is 5.26 Å². The molecule has 0 atom stereocenters. The summed E-state index contributed by atoms with van der Waals surface area (Å²) in [5, 5.41) is 12.6. The highest BCUT2D eigenvalue weighted by Crippen LogP contribution is 2.36. The fourth-order valence-electron chi connectivity index (χ4n) is 3.08. The molecule has 7 nitrogen and oxygen atoms in total. The van der Waals surface area contributed by atoms with Gasteiger partial charge in [0.1, 0.15) is 47.1 Å². The molecule has 0 bridgehead atoms. The summed E-state index contributed by atoms with van der Waals surface area (Å²) in [6, 6.07) is 15.8. The van der Waals surface area contributed by atoms with Gasteiger partial charge >= 0.3 is 0 Å². The number of amides is 1. The number of nitrogens with zero attached hydrogens (tertiary/aromatic N) is 1. The van der Waals surface area contributed by atoms with Crippen LogP contribution in [0.1, 0.15) is 11.1 Å². The first-order valence-corrected chi connectivity index (χ1v) is 10.7. The molecule has 180 valence electrons. The van der Waals surface area contributed by atoms with Gasteiger partial charge in [-0.05, 0) is 35.9 Å². The van der Waals surface area contributed by atoms with Crippen LogP contribution in [0.4, 0.5) is 10.1 Å². The normalized spacial score (nSPS) is 10.8. The number of carbonyl (C=O) groups is 1. The number of rotatable bonds is 9. The number of carbonyl (C=O) groups excluding carboxylic acids is 1. The van der Waals surface area contributed by atoms with E-state index in [1.165, 1.54) is 51.7 Å². The van der Waals surface area contributed by atoms with Crippen molar-refractivity contribution in [3.63, 3.8) is 0 Å². The largest absolute Gasteiger partial charge is 0.497 e. The second kappa shape index (κ2) is 11.8. The highest BCUT2D eigenvalue weighted by Gasteiger charge is 2.17. The number of ether oxygens (including phenoxy) is 4.